The molecule has 0 N–H and O–H groups in total. The van der Waals surface area contributed by atoms with Gasteiger partial charge >= 0.3 is 5.97 Å². The van der Waals surface area contributed by atoms with Gasteiger partial charge in [0.1, 0.15) is 11.6 Å². The van der Waals surface area contributed by atoms with Crippen LogP contribution in [0.5, 0.6) is 0 Å². The minimum Gasteiger partial charge on any atom is -0.465 e. The molecule has 0 aliphatic carbocycles. The molecule has 0 saturated heterocycles. The molecule has 5 nitrogen and oxygen atoms in total. The van der Waals surface area contributed by atoms with Gasteiger partial charge in [0.15, 0.2) is 0 Å². The molecule has 0 fully saturated rings. The van der Waals surface area contributed by atoms with Crippen molar-refractivity contribution in [2.45, 2.75) is 6.54 Å². The predicted molar refractivity (Wildman–Crippen MR) is 107 cm³/mol. The molecule has 0 saturated carbocycles. The molecule has 0 heterocycles. The molecule has 2 rings (SSSR count). The van der Waals surface area contributed by atoms with Crippen LogP contribution in [0, 0.1) is 11.6 Å². The number of carbonyl (C=O) groups is 2. The smallest absolute Gasteiger partial charge is 0.337 e. The standard InChI is InChI=1S/C22H24F2N2O3/c1-25(2)12-13-26(15-18-9-10-19(23)14-20(18)24)21(27)11-6-16-4-7-17(8-5-16)22(28)29-3/h4-11,14H,12-13,15H2,1-3H3/b11-6+. The minimum atomic E-state index is -0.685. The second kappa shape index (κ2) is 10.5. The predicted octanol–water partition coefficient (Wildman–Crippen LogP) is 3.36. The van der Waals surface area contributed by atoms with Crippen LogP contribution in [-0.4, -0.2) is 56.0 Å². The van der Waals surface area contributed by atoms with E-state index in [1.165, 1.54) is 30.2 Å². The number of benzene rings is 2. The quantitative estimate of drug-likeness (QED) is 0.502. The van der Waals surface area contributed by atoms with Gasteiger partial charge in [-0.05, 0) is 43.9 Å². The van der Waals surface area contributed by atoms with Gasteiger partial charge in [-0.25, -0.2) is 13.6 Å². The first-order valence-corrected chi connectivity index (χ1v) is 9.04. The molecule has 0 spiro atoms. The molecule has 1 amide bonds. The summed E-state index contributed by atoms with van der Waals surface area (Å²) in [7, 11) is 5.06. The van der Waals surface area contributed by atoms with Crippen LogP contribution in [0.2, 0.25) is 0 Å². The molecule has 154 valence electrons. The first-order valence-electron chi connectivity index (χ1n) is 9.04. The zero-order valence-corrected chi connectivity index (χ0v) is 16.7. The van der Waals surface area contributed by atoms with Crippen LogP contribution in [0.25, 0.3) is 6.08 Å². The van der Waals surface area contributed by atoms with Gasteiger partial charge in [0.2, 0.25) is 5.91 Å². The average molecular weight is 402 g/mol. The summed E-state index contributed by atoms with van der Waals surface area (Å²) in [6.07, 6.45) is 3.01. The van der Waals surface area contributed by atoms with Crippen LogP contribution in [0.4, 0.5) is 8.78 Å². The maximum absolute atomic E-state index is 14.0. The molecular formula is C22H24F2N2O3. The highest BCUT2D eigenvalue weighted by atomic mass is 19.1. The molecule has 0 unspecified atom stereocenters. The maximum Gasteiger partial charge on any atom is 0.337 e. The van der Waals surface area contributed by atoms with E-state index in [1.54, 1.807) is 30.3 Å². The van der Waals surface area contributed by atoms with E-state index >= 15 is 0 Å². The number of nitrogens with zero attached hydrogens (tertiary/aromatic N) is 2. The number of ether oxygens (including phenoxy) is 1. The molecule has 0 aromatic heterocycles. The molecule has 0 aliphatic rings. The summed E-state index contributed by atoms with van der Waals surface area (Å²) in [5.41, 5.74) is 1.39. The van der Waals surface area contributed by atoms with Crippen molar-refractivity contribution in [1.82, 2.24) is 9.80 Å². The van der Waals surface area contributed by atoms with Crippen LogP contribution < -0.4 is 0 Å². The largest absolute Gasteiger partial charge is 0.465 e. The van der Waals surface area contributed by atoms with Crippen LogP contribution in [0.3, 0.4) is 0 Å². The number of likely N-dealkylation sites (N-methyl/N-ethyl adjacent to an activating group) is 1. The molecule has 29 heavy (non-hydrogen) atoms. The van der Waals surface area contributed by atoms with E-state index in [9.17, 15) is 18.4 Å². The number of carbonyl (C=O) groups excluding carboxylic acids is 2. The fraction of sp³-hybridized carbons (Fsp3) is 0.273. The van der Waals surface area contributed by atoms with Crippen molar-refractivity contribution in [2.75, 3.05) is 34.3 Å². The Morgan fingerprint density at radius 3 is 2.31 bits per heavy atom. The van der Waals surface area contributed by atoms with Gasteiger partial charge in [-0.15, -0.1) is 0 Å². The lowest BCUT2D eigenvalue weighted by molar-refractivity contribution is -0.126. The van der Waals surface area contributed by atoms with E-state index in [0.29, 0.717) is 18.7 Å². The van der Waals surface area contributed by atoms with Crippen LogP contribution >= 0.6 is 0 Å². The Kier molecular flexibility index (Phi) is 8.03. The van der Waals surface area contributed by atoms with Gasteiger partial charge in [0, 0.05) is 37.3 Å². The molecule has 2 aromatic carbocycles. The van der Waals surface area contributed by atoms with Gasteiger partial charge in [0.05, 0.1) is 12.7 Å². The first kappa shape index (κ1) is 22.2. The van der Waals surface area contributed by atoms with Crippen molar-refractivity contribution in [3.8, 4) is 0 Å². The van der Waals surface area contributed by atoms with Crippen LogP contribution in [0.1, 0.15) is 21.5 Å². The monoisotopic (exact) mass is 402 g/mol. The van der Waals surface area contributed by atoms with E-state index in [4.69, 9.17) is 0 Å². The molecule has 0 bridgehead atoms. The van der Waals surface area contributed by atoms with E-state index in [2.05, 4.69) is 4.74 Å². The molecule has 0 atom stereocenters. The summed E-state index contributed by atoms with van der Waals surface area (Å²) < 4.78 is 31.8. The Morgan fingerprint density at radius 2 is 1.72 bits per heavy atom. The van der Waals surface area contributed by atoms with Crippen LogP contribution in [-0.2, 0) is 16.1 Å². The molecule has 0 radical (unpaired) electrons. The summed E-state index contributed by atoms with van der Waals surface area (Å²) in [5.74, 6) is -2.08. The zero-order chi connectivity index (χ0) is 21.4. The van der Waals surface area contributed by atoms with Gasteiger partial charge in [-0.1, -0.05) is 18.2 Å². The van der Waals surface area contributed by atoms with E-state index < -0.39 is 17.6 Å². The van der Waals surface area contributed by atoms with Crippen molar-refractivity contribution in [1.29, 1.82) is 0 Å². The SMILES string of the molecule is COC(=O)c1ccc(/C=C/C(=O)N(CCN(C)C)Cc2ccc(F)cc2F)cc1. The summed E-state index contributed by atoms with van der Waals surface area (Å²) in [5, 5.41) is 0. The first-order chi connectivity index (χ1) is 13.8. The van der Waals surface area contributed by atoms with Gasteiger partial charge < -0.3 is 14.5 Å². The van der Waals surface area contributed by atoms with E-state index in [0.717, 1.165) is 11.6 Å². The number of esters is 1. The van der Waals surface area contributed by atoms with Crippen molar-refractivity contribution < 1.29 is 23.1 Å². The lowest BCUT2D eigenvalue weighted by atomic mass is 10.1. The average Bonchev–Trinajstić information content (AvgIpc) is 2.70. The van der Waals surface area contributed by atoms with E-state index in [-0.39, 0.29) is 18.0 Å². The van der Waals surface area contributed by atoms with Crippen molar-refractivity contribution in [3.63, 3.8) is 0 Å². The Labute approximate surface area is 169 Å². The van der Waals surface area contributed by atoms with Gasteiger partial charge in [-0.3, -0.25) is 4.79 Å². The number of amides is 1. The van der Waals surface area contributed by atoms with Crippen molar-refractivity contribution in [3.05, 3.63) is 76.9 Å². The third-order valence-electron chi connectivity index (χ3n) is 4.26. The molecule has 7 heteroatoms. The third-order valence-corrected chi connectivity index (χ3v) is 4.26. The van der Waals surface area contributed by atoms with Gasteiger partial charge in [0.25, 0.3) is 0 Å². The number of hydrogen-bond acceptors (Lipinski definition) is 4. The highest BCUT2D eigenvalue weighted by molar-refractivity contribution is 5.92. The highest BCUT2D eigenvalue weighted by Gasteiger charge is 2.15. The third kappa shape index (κ3) is 6.80. The van der Waals surface area contributed by atoms with Crippen LogP contribution in [0.15, 0.2) is 48.5 Å². The Morgan fingerprint density at radius 1 is 1.03 bits per heavy atom. The Balaban J connectivity index is 2.13. The highest BCUT2D eigenvalue weighted by Crippen LogP contribution is 2.13. The fourth-order valence-electron chi connectivity index (χ4n) is 2.56. The normalized spacial score (nSPS) is 11.1. The molecule has 0 aliphatic heterocycles. The number of halogens is 2. The minimum absolute atomic E-state index is 0.0321. The maximum atomic E-state index is 14.0. The molecule has 2 aromatic rings. The number of methoxy groups -OCH3 is 1. The summed E-state index contributed by atoms with van der Waals surface area (Å²) in [4.78, 5) is 27.6. The zero-order valence-electron chi connectivity index (χ0n) is 16.7. The second-order valence-electron chi connectivity index (χ2n) is 6.75. The number of hydrogen-bond donors (Lipinski definition) is 0. The lowest BCUT2D eigenvalue weighted by Crippen LogP contribution is -2.35. The fourth-order valence-corrected chi connectivity index (χ4v) is 2.56. The summed E-state index contributed by atoms with van der Waals surface area (Å²) in [6.45, 7) is 1.01. The summed E-state index contributed by atoms with van der Waals surface area (Å²) >= 11 is 0. The second-order valence-corrected chi connectivity index (χ2v) is 6.75. The number of rotatable bonds is 8. The summed E-state index contributed by atoms with van der Waals surface area (Å²) in [6, 6.07) is 9.92. The molecular weight excluding hydrogens is 378 g/mol. The van der Waals surface area contributed by atoms with Gasteiger partial charge in [-0.2, -0.15) is 0 Å². The van der Waals surface area contributed by atoms with E-state index in [1.807, 2.05) is 19.0 Å². The Bertz CT molecular complexity index is 880. The van der Waals surface area contributed by atoms with Crippen molar-refractivity contribution in [2.24, 2.45) is 0 Å². The topological polar surface area (TPSA) is 49.9 Å². The Hall–Kier alpha value is -3.06. The lowest BCUT2D eigenvalue weighted by Gasteiger charge is -2.23. The van der Waals surface area contributed by atoms with Crippen molar-refractivity contribution >= 4 is 18.0 Å².